The fourth-order valence-corrected chi connectivity index (χ4v) is 2.17. The highest BCUT2D eigenvalue weighted by atomic mass is 16.5. The molecule has 22 heavy (non-hydrogen) atoms. The van der Waals surface area contributed by atoms with Crippen molar-refractivity contribution in [3.63, 3.8) is 0 Å². The third kappa shape index (κ3) is 4.01. The molecule has 4 heteroatoms. The van der Waals surface area contributed by atoms with Gasteiger partial charge in [0.15, 0.2) is 18.1 Å². The highest BCUT2D eigenvalue weighted by molar-refractivity contribution is 5.94. The van der Waals surface area contributed by atoms with Gasteiger partial charge in [-0.2, -0.15) is 0 Å². The molecular weight excluding hydrogens is 278 g/mol. The van der Waals surface area contributed by atoms with Crippen molar-refractivity contribution in [1.29, 1.82) is 0 Å². The van der Waals surface area contributed by atoms with Crippen molar-refractivity contribution in [3.8, 4) is 11.5 Å². The molecule has 1 amide bonds. The fraction of sp³-hybridized carbons (Fsp3) is 0.278. The number of amides is 1. The predicted molar refractivity (Wildman–Crippen MR) is 87.6 cm³/mol. The summed E-state index contributed by atoms with van der Waals surface area (Å²) in [4.78, 5) is 14.1. The topological polar surface area (TPSA) is 38.8 Å². The number of carbonyl (C=O) groups is 1. The van der Waals surface area contributed by atoms with E-state index in [0.717, 1.165) is 5.69 Å². The second-order valence-corrected chi connectivity index (χ2v) is 4.64. The Morgan fingerprint density at radius 3 is 2.09 bits per heavy atom. The molecule has 0 fully saturated rings. The first-order valence-corrected chi connectivity index (χ1v) is 7.46. The largest absolute Gasteiger partial charge is 0.490 e. The Morgan fingerprint density at radius 1 is 0.909 bits per heavy atom. The second-order valence-electron chi connectivity index (χ2n) is 4.64. The minimum absolute atomic E-state index is 0.0210. The number of hydrogen-bond donors (Lipinski definition) is 0. The minimum atomic E-state index is -0.0833. The van der Waals surface area contributed by atoms with Gasteiger partial charge in [-0.05, 0) is 38.1 Å². The molecule has 2 rings (SSSR count). The van der Waals surface area contributed by atoms with E-state index in [4.69, 9.17) is 9.47 Å². The van der Waals surface area contributed by atoms with E-state index in [1.807, 2.05) is 62.4 Å². The minimum Gasteiger partial charge on any atom is -0.490 e. The molecule has 0 atom stereocenters. The molecular formula is C18H21NO3. The highest BCUT2D eigenvalue weighted by Gasteiger charge is 2.15. The Labute approximate surface area is 131 Å². The zero-order valence-corrected chi connectivity index (χ0v) is 13.0. The quantitative estimate of drug-likeness (QED) is 0.785. The van der Waals surface area contributed by atoms with Crippen molar-refractivity contribution in [2.75, 3.05) is 24.7 Å². The Bertz CT molecular complexity index is 598. The van der Waals surface area contributed by atoms with Gasteiger partial charge < -0.3 is 14.4 Å². The Morgan fingerprint density at radius 2 is 1.50 bits per heavy atom. The van der Waals surface area contributed by atoms with Crippen LogP contribution in [0.2, 0.25) is 0 Å². The molecule has 0 spiro atoms. The summed E-state index contributed by atoms with van der Waals surface area (Å²) >= 11 is 0. The summed E-state index contributed by atoms with van der Waals surface area (Å²) in [5.41, 5.74) is 0.872. The molecule has 0 saturated carbocycles. The molecule has 4 nitrogen and oxygen atoms in total. The van der Waals surface area contributed by atoms with Gasteiger partial charge >= 0.3 is 0 Å². The van der Waals surface area contributed by atoms with E-state index in [1.165, 1.54) is 0 Å². The maximum atomic E-state index is 12.4. The normalized spacial score (nSPS) is 10.1. The number of nitrogens with zero attached hydrogens (tertiary/aromatic N) is 1. The second kappa shape index (κ2) is 8.08. The van der Waals surface area contributed by atoms with Crippen molar-refractivity contribution in [3.05, 3.63) is 54.6 Å². The predicted octanol–water partition coefficient (Wildman–Crippen LogP) is 3.52. The summed E-state index contributed by atoms with van der Waals surface area (Å²) in [5.74, 6) is 1.15. The number of rotatable bonds is 7. The molecule has 0 aliphatic heterocycles. The van der Waals surface area contributed by atoms with Crippen LogP contribution in [-0.4, -0.2) is 25.7 Å². The molecule has 0 aromatic heterocycles. The molecule has 0 unspecified atom stereocenters. The number of carbonyl (C=O) groups excluding carboxylic acids is 1. The number of para-hydroxylation sites is 3. The Balaban J connectivity index is 2.03. The van der Waals surface area contributed by atoms with E-state index < -0.39 is 0 Å². The Kier molecular flexibility index (Phi) is 5.83. The van der Waals surface area contributed by atoms with Gasteiger partial charge in [0.25, 0.3) is 5.91 Å². The van der Waals surface area contributed by atoms with Gasteiger partial charge in [0, 0.05) is 12.2 Å². The lowest BCUT2D eigenvalue weighted by Gasteiger charge is -2.21. The Hall–Kier alpha value is -2.49. The van der Waals surface area contributed by atoms with E-state index in [9.17, 15) is 4.79 Å². The highest BCUT2D eigenvalue weighted by Crippen LogP contribution is 2.26. The summed E-state index contributed by atoms with van der Waals surface area (Å²) in [6.07, 6.45) is 0. The van der Waals surface area contributed by atoms with Crippen LogP contribution in [0.15, 0.2) is 54.6 Å². The summed E-state index contributed by atoms with van der Waals surface area (Å²) in [6.45, 7) is 4.99. The third-order valence-corrected chi connectivity index (χ3v) is 3.19. The van der Waals surface area contributed by atoms with E-state index in [0.29, 0.717) is 24.7 Å². The lowest BCUT2D eigenvalue weighted by atomic mass is 10.3. The van der Waals surface area contributed by atoms with Crippen LogP contribution in [0.25, 0.3) is 0 Å². The van der Waals surface area contributed by atoms with Crippen LogP contribution in [0.4, 0.5) is 5.69 Å². The van der Waals surface area contributed by atoms with Gasteiger partial charge in [0.1, 0.15) is 0 Å². The molecule has 0 aliphatic carbocycles. The lowest BCUT2D eigenvalue weighted by molar-refractivity contribution is -0.120. The molecule has 116 valence electrons. The van der Waals surface area contributed by atoms with Gasteiger partial charge in [-0.15, -0.1) is 0 Å². The van der Waals surface area contributed by atoms with Gasteiger partial charge in [-0.3, -0.25) is 4.79 Å². The summed E-state index contributed by atoms with van der Waals surface area (Å²) in [5, 5.41) is 0. The number of likely N-dealkylation sites (N-methyl/N-ethyl adjacent to an activating group) is 1. The molecule has 2 aromatic carbocycles. The molecule has 0 saturated heterocycles. The molecule has 2 aromatic rings. The van der Waals surface area contributed by atoms with Gasteiger partial charge in [-0.25, -0.2) is 0 Å². The van der Waals surface area contributed by atoms with Gasteiger partial charge in [-0.1, -0.05) is 30.3 Å². The first-order chi connectivity index (χ1) is 10.8. The average molecular weight is 299 g/mol. The molecule has 0 heterocycles. The van der Waals surface area contributed by atoms with Crippen molar-refractivity contribution < 1.29 is 14.3 Å². The standard InChI is InChI=1S/C18H21NO3/c1-3-19(15-10-6-5-7-11-15)18(20)14-22-17-13-9-8-12-16(17)21-4-2/h5-13H,3-4,14H2,1-2H3. The van der Waals surface area contributed by atoms with Crippen molar-refractivity contribution in [1.82, 2.24) is 0 Å². The van der Waals surface area contributed by atoms with Crippen LogP contribution in [-0.2, 0) is 4.79 Å². The van der Waals surface area contributed by atoms with Crippen LogP contribution in [0, 0.1) is 0 Å². The molecule has 0 radical (unpaired) electrons. The summed E-state index contributed by atoms with van der Waals surface area (Å²) < 4.78 is 11.1. The fourth-order valence-electron chi connectivity index (χ4n) is 2.17. The maximum absolute atomic E-state index is 12.4. The van der Waals surface area contributed by atoms with Crippen LogP contribution < -0.4 is 14.4 Å². The van der Waals surface area contributed by atoms with E-state index >= 15 is 0 Å². The smallest absolute Gasteiger partial charge is 0.264 e. The zero-order chi connectivity index (χ0) is 15.8. The van der Waals surface area contributed by atoms with Crippen LogP contribution >= 0.6 is 0 Å². The van der Waals surface area contributed by atoms with Crippen molar-refractivity contribution in [2.45, 2.75) is 13.8 Å². The van der Waals surface area contributed by atoms with Crippen molar-refractivity contribution >= 4 is 11.6 Å². The lowest BCUT2D eigenvalue weighted by Crippen LogP contribution is -2.34. The molecule has 0 aliphatic rings. The summed E-state index contributed by atoms with van der Waals surface area (Å²) in [6, 6.07) is 16.9. The first-order valence-electron chi connectivity index (χ1n) is 7.46. The van der Waals surface area contributed by atoms with E-state index in [-0.39, 0.29) is 12.5 Å². The number of hydrogen-bond acceptors (Lipinski definition) is 3. The SMILES string of the molecule is CCOc1ccccc1OCC(=O)N(CC)c1ccccc1. The van der Waals surface area contributed by atoms with Gasteiger partial charge in [0.2, 0.25) is 0 Å². The van der Waals surface area contributed by atoms with Gasteiger partial charge in [0.05, 0.1) is 6.61 Å². The number of anilines is 1. The monoisotopic (exact) mass is 299 g/mol. The van der Waals surface area contributed by atoms with Crippen molar-refractivity contribution in [2.24, 2.45) is 0 Å². The van der Waals surface area contributed by atoms with Crippen LogP contribution in [0.1, 0.15) is 13.8 Å². The maximum Gasteiger partial charge on any atom is 0.264 e. The third-order valence-electron chi connectivity index (χ3n) is 3.19. The van der Waals surface area contributed by atoms with E-state index in [1.54, 1.807) is 11.0 Å². The van der Waals surface area contributed by atoms with Crippen LogP contribution in [0.5, 0.6) is 11.5 Å². The molecule has 0 bridgehead atoms. The molecule has 0 N–H and O–H groups in total. The number of ether oxygens (including phenoxy) is 2. The van der Waals surface area contributed by atoms with Crippen LogP contribution in [0.3, 0.4) is 0 Å². The first kappa shape index (κ1) is 15.9. The van der Waals surface area contributed by atoms with E-state index in [2.05, 4.69) is 0 Å². The summed E-state index contributed by atoms with van der Waals surface area (Å²) in [7, 11) is 0. The number of benzene rings is 2. The zero-order valence-electron chi connectivity index (χ0n) is 13.0. The average Bonchev–Trinajstić information content (AvgIpc) is 2.56.